The van der Waals surface area contributed by atoms with Crippen LogP contribution in [0.3, 0.4) is 0 Å². The number of hydrogen-bond acceptors (Lipinski definition) is 5. The summed E-state index contributed by atoms with van der Waals surface area (Å²) in [7, 11) is 0. The largest absolute Gasteiger partial charge is 0.308 e. The molecule has 2 rings (SSSR count). The SMILES string of the molecule is CC(c1csnn1)n1cnnc1CCl. The molecule has 0 fully saturated rings. The molecule has 0 spiro atoms. The Balaban J connectivity index is 2.31. The van der Waals surface area contributed by atoms with Gasteiger partial charge in [0.05, 0.1) is 17.6 Å². The van der Waals surface area contributed by atoms with Gasteiger partial charge in [0.2, 0.25) is 0 Å². The maximum absolute atomic E-state index is 5.72. The Morgan fingerprint density at radius 1 is 1.57 bits per heavy atom. The van der Waals surface area contributed by atoms with E-state index in [0.29, 0.717) is 5.88 Å². The lowest BCUT2D eigenvalue weighted by atomic mass is 10.2. The van der Waals surface area contributed by atoms with Gasteiger partial charge in [0, 0.05) is 5.38 Å². The van der Waals surface area contributed by atoms with E-state index in [1.807, 2.05) is 16.9 Å². The lowest BCUT2D eigenvalue weighted by Gasteiger charge is -2.10. The Labute approximate surface area is 89.9 Å². The molecule has 1 unspecified atom stereocenters. The van der Waals surface area contributed by atoms with Gasteiger partial charge in [0.25, 0.3) is 0 Å². The summed E-state index contributed by atoms with van der Waals surface area (Å²) in [6.45, 7) is 2.01. The quantitative estimate of drug-likeness (QED) is 0.748. The molecule has 1 atom stereocenters. The van der Waals surface area contributed by atoms with E-state index in [1.165, 1.54) is 11.5 Å². The molecule has 74 valence electrons. The molecule has 0 saturated heterocycles. The van der Waals surface area contributed by atoms with E-state index in [0.717, 1.165) is 11.5 Å². The van der Waals surface area contributed by atoms with Crippen molar-refractivity contribution in [3.63, 3.8) is 0 Å². The molecule has 14 heavy (non-hydrogen) atoms. The highest BCUT2D eigenvalue weighted by molar-refractivity contribution is 7.03. The monoisotopic (exact) mass is 229 g/mol. The molecular weight excluding hydrogens is 222 g/mol. The van der Waals surface area contributed by atoms with E-state index >= 15 is 0 Å². The molecule has 0 radical (unpaired) electrons. The minimum absolute atomic E-state index is 0.0810. The van der Waals surface area contributed by atoms with Crippen molar-refractivity contribution in [2.24, 2.45) is 0 Å². The van der Waals surface area contributed by atoms with E-state index in [-0.39, 0.29) is 6.04 Å². The third-order valence-electron chi connectivity index (χ3n) is 1.99. The lowest BCUT2D eigenvalue weighted by molar-refractivity contribution is 0.596. The summed E-state index contributed by atoms with van der Waals surface area (Å²) in [5, 5.41) is 13.6. The summed E-state index contributed by atoms with van der Waals surface area (Å²) < 4.78 is 5.71. The van der Waals surface area contributed by atoms with Crippen molar-refractivity contribution in [1.82, 2.24) is 24.4 Å². The van der Waals surface area contributed by atoms with Gasteiger partial charge >= 0.3 is 0 Å². The van der Waals surface area contributed by atoms with Crippen molar-refractivity contribution >= 4 is 23.1 Å². The van der Waals surface area contributed by atoms with Gasteiger partial charge in [0.15, 0.2) is 0 Å². The fourth-order valence-corrected chi connectivity index (χ4v) is 1.91. The first-order valence-electron chi connectivity index (χ1n) is 4.04. The molecule has 0 bridgehead atoms. The van der Waals surface area contributed by atoms with Crippen molar-refractivity contribution in [2.45, 2.75) is 18.8 Å². The van der Waals surface area contributed by atoms with Gasteiger partial charge in [0.1, 0.15) is 12.2 Å². The van der Waals surface area contributed by atoms with Crippen molar-refractivity contribution in [2.75, 3.05) is 0 Å². The normalized spacial score (nSPS) is 13.0. The van der Waals surface area contributed by atoms with Gasteiger partial charge in [-0.2, -0.15) is 0 Å². The lowest BCUT2D eigenvalue weighted by Crippen LogP contribution is -2.09. The fourth-order valence-electron chi connectivity index (χ4n) is 1.18. The van der Waals surface area contributed by atoms with Gasteiger partial charge in [-0.3, -0.25) is 0 Å². The van der Waals surface area contributed by atoms with Crippen LogP contribution in [0.15, 0.2) is 11.7 Å². The van der Waals surface area contributed by atoms with Crippen LogP contribution in [-0.2, 0) is 5.88 Å². The van der Waals surface area contributed by atoms with Gasteiger partial charge in [-0.1, -0.05) is 4.49 Å². The molecule has 0 aliphatic rings. The maximum Gasteiger partial charge on any atom is 0.148 e. The minimum Gasteiger partial charge on any atom is -0.308 e. The Bertz CT molecular complexity index is 398. The molecule has 0 aromatic carbocycles. The molecule has 2 aromatic heterocycles. The topological polar surface area (TPSA) is 56.5 Å². The first-order valence-corrected chi connectivity index (χ1v) is 5.41. The fraction of sp³-hybridized carbons (Fsp3) is 0.429. The van der Waals surface area contributed by atoms with Crippen LogP contribution in [0.4, 0.5) is 0 Å². The van der Waals surface area contributed by atoms with Gasteiger partial charge in [-0.15, -0.1) is 26.9 Å². The van der Waals surface area contributed by atoms with Crippen molar-refractivity contribution < 1.29 is 0 Å². The van der Waals surface area contributed by atoms with E-state index in [4.69, 9.17) is 11.6 Å². The third kappa shape index (κ3) is 1.62. The number of hydrogen-bond donors (Lipinski definition) is 0. The van der Waals surface area contributed by atoms with Gasteiger partial charge in [-0.05, 0) is 18.5 Å². The number of nitrogens with zero attached hydrogens (tertiary/aromatic N) is 5. The van der Waals surface area contributed by atoms with E-state index < -0.39 is 0 Å². The van der Waals surface area contributed by atoms with Gasteiger partial charge in [-0.25, -0.2) is 0 Å². The van der Waals surface area contributed by atoms with Crippen LogP contribution in [0.5, 0.6) is 0 Å². The summed E-state index contributed by atoms with van der Waals surface area (Å²) in [5.41, 5.74) is 0.904. The van der Waals surface area contributed by atoms with Crippen LogP contribution in [0, 0.1) is 0 Å². The van der Waals surface area contributed by atoms with E-state index in [1.54, 1.807) is 6.33 Å². The summed E-state index contributed by atoms with van der Waals surface area (Å²) in [4.78, 5) is 0. The van der Waals surface area contributed by atoms with Crippen molar-refractivity contribution in [3.8, 4) is 0 Å². The maximum atomic E-state index is 5.72. The molecule has 7 heteroatoms. The first kappa shape index (κ1) is 9.54. The molecule has 0 saturated carbocycles. The minimum atomic E-state index is 0.0810. The third-order valence-corrected chi connectivity index (χ3v) is 2.75. The molecule has 0 aliphatic carbocycles. The van der Waals surface area contributed by atoms with Crippen molar-refractivity contribution in [3.05, 3.63) is 23.2 Å². The average molecular weight is 230 g/mol. The van der Waals surface area contributed by atoms with Crippen LogP contribution in [0.25, 0.3) is 0 Å². The van der Waals surface area contributed by atoms with Gasteiger partial charge < -0.3 is 4.57 Å². The highest BCUT2D eigenvalue weighted by atomic mass is 35.5. The number of rotatable bonds is 3. The van der Waals surface area contributed by atoms with Crippen LogP contribution in [0.1, 0.15) is 24.5 Å². The number of halogens is 1. The molecule has 0 N–H and O–H groups in total. The highest BCUT2D eigenvalue weighted by Crippen LogP contribution is 2.17. The summed E-state index contributed by atoms with van der Waals surface area (Å²) in [6, 6.07) is 0.0810. The van der Waals surface area contributed by atoms with Crippen LogP contribution >= 0.6 is 23.1 Å². The standard InChI is InChI=1S/C7H8ClN5S/c1-5(6-3-14-12-10-6)13-4-9-11-7(13)2-8/h3-5H,2H2,1H3. The van der Waals surface area contributed by atoms with Crippen molar-refractivity contribution in [1.29, 1.82) is 0 Å². The summed E-state index contributed by atoms with van der Waals surface area (Å²) >= 11 is 7.05. The van der Waals surface area contributed by atoms with E-state index in [2.05, 4.69) is 19.8 Å². The zero-order valence-electron chi connectivity index (χ0n) is 7.46. The van der Waals surface area contributed by atoms with Crippen LogP contribution in [0.2, 0.25) is 0 Å². The zero-order chi connectivity index (χ0) is 9.97. The first-order chi connectivity index (χ1) is 6.83. The Morgan fingerprint density at radius 2 is 2.43 bits per heavy atom. The second kappa shape index (κ2) is 4.02. The Hall–Kier alpha value is -1.01. The predicted octanol–water partition coefficient (Wildman–Crippen LogP) is 1.48. The number of alkyl halides is 1. The zero-order valence-corrected chi connectivity index (χ0v) is 9.03. The molecule has 5 nitrogen and oxygen atoms in total. The smallest absolute Gasteiger partial charge is 0.148 e. The Kier molecular flexibility index (Phi) is 2.74. The van der Waals surface area contributed by atoms with Crippen LogP contribution < -0.4 is 0 Å². The van der Waals surface area contributed by atoms with Crippen LogP contribution in [-0.4, -0.2) is 24.4 Å². The molecule has 2 heterocycles. The summed E-state index contributed by atoms with van der Waals surface area (Å²) in [5.74, 6) is 1.09. The second-order valence-electron chi connectivity index (χ2n) is 2.79. The molecule has 0 aliphatic heterocycles. The van der Waals surface area contributed by atoms with E-state index in [9.17, 15) is 0 Å². The Morgan fingerprint density at radius 3 is 3.07 bits per heavy atom. The average Bonchev–Trinajstić information content (AvgIpc) is 2.87. The molecule has 0 amide bonds. The molecular formula is C7H8ClN5S. The second-order valence-corrected chi connectivity index (χ2v) is 3.67. The summed E-state index contributed by atoms with van der Waals surface area (Å²) in [6.07, 6.45) is 1.65. The number of aromatic nitrogens is 5. The highest BCUT2D eigenvalue weighted by Gasteiger charge is 2.14. The molecule has 2 aromatic rings. The predicted molar refractivity (Wildman–Crippen MR) is 53.3 cm³/mol.